The molecule has 0 spiro atoms. The highest BCUT2D eigenvalue weighted by Crippen LogP contribution is 2.37. The Hall–Kier alpha value is -3.51. The van der Waals surface area contributed by atoms with E-state index in [1.165, 1.54) is 0 Å². The molecule has 0 saturated heterocycles. The van der Waals surface area contributed by atoms with Gasteiger partial charge in [-0.25, -0.2) is 4.79 Å². The number of primary amides is 1. The molecule has 1 unspecified atom stereocenters. The Bertz CT molecular complexity index is 1160. The van der Waals surface area contributed by atoms with E-state index >= 15 is 0 Å². The normalized spacial score (nSPS) is 12.4. The van der Waals surface area contributed by atoms with Gasteiger partial charge in [-0.15, -0.1) is 0 Å². The van der Waals surface area contributed by atoms with Crippen molar-refractivity contribution in [1.82, 2.24) is 9.78 Å². The lowest BCUT2D eigenvalue weighted by Crippen LogP contribution is -2.13. The Balaban J connectivity index is 2.32. The molecule has 0 bridgehead atoms. The average molecular weight is 532 g/mol. The van der Waals surface area contributed by atoms with Crippen molar-refractivity contribution in [2.45, 2.75) is 33.7 Å². The summed E-state index contributed by atoms with van der Waals surface area (Å²) in [5.74, 6) is 0.513. The molecule has 12 heteroatoms. The smallest absolute Gasteiger partial charge is 0.439 e. The molecule has 37 heavy (non-hydrogen) atoms. The summed E-state index contributed by atoms with van der Waals surface area (Å²) in [6, 6.07) is 5.16. The monoisotopic (exact) mass is 531 g/mol. The van der Waals surface area contributed by atoms with E-state index in [0.29, 0.717) is 62.1 Å². The minimum absolute atomic E-state index is 0.276. The van der Waals surface area contributed by atoms with Gasteiger partial charge in [-0.2, -0.15) is 9.46 Å². The van der Waals surface area contributed by atoms with Gasteiger partial charge in [0, 0.05) is 31.0 Å². The van der Waals surface area contributed by atoms with Crippen LogP contribution in [0.5, 0.6) is 5.75 Å². The van der Waals surface area contributed by atoms with Gasteiger partial charge in [0.1, 0.15) is 11.4 Å². The SMILES string of the molecule is CCOC(=O)N=S(C)CCCOc1cc(C(N)=O)cc(N=Cc2cc(C)nn2CC)c1NC/C=C/CN. The number of hydrogen-bond acceptors (Lipinski definition) is 8. The maximum absolute atomic E-state index is 12.1. The van der Waals surface area contributed by atoms with Crippen LogP contribution in [0.15, 0.2) is 39.7 Å². The van der Waals surface area contributed by atoms with Gasteiger partial charge >= 0.3 is 6.09 Å². The fraction of sp³-hybridized carbons (Fsp3) is 0.440. The molecule has 2 rings (SSSR count). The van der Waals surface area contributed by atoms with Crippen LogP contribution in [0, 0.1) is 6.92 Å². The highest BCUT2D eigenvalue weighted by Gasteiger charge is 2.15. The Kier molecular flexibility index (Phi) is 12.5. The van der Waals surface area contributed by atoms with E-state index in [4.69, 9.17) is 20.9 Å². The number of aromatic nitrogens is 2. The first kappa shape index (κ1) is 29.7. The third kappa shape index (κ3) is 9.81. The van der Waals surface area contributed by atoms with Crippen LogP contribution in [0.4, 0.5) is 16.2 Å². The van der Waals surface area contributed by atoms with Crippen molar-refractivity contribution < 1.29 is 19.1 Å². The zero-order valence-corrected chi connectivity index (χ0v) is 22.7. The number of ether oxygens (including phenoxy) is 2. The van der Waals surface area contributed by atoms with E-state index in [9.17, 15) is 9.59 Å². The molecule has 5 N–H and O–H groups in total. The van der Waals surface area contributed by atoms with Gasteiger partial charge in [0.25, 0.3) is 0 Å². The molecule has 0 aliphatic rings. The highest BCUT2D eigenvalue weighted by atomic mass is 32.2. The van der Waals surface area contributed by atoms with Crippen molar-refractivity contribution in [2.75, 3.05) is 43.6 Å². The first-order valence-corrected chi connectivity index (χ1v) is 13.8. The fourth-order valence-electron chi connectivity index (χ4n) is 3.31. The molecule has 0 radical (unpaired) electrons. The van der Waals surface area contributed by atoms with E-state index in [2.05, 4.69) is 19.8 Å². The van der Waals surface area contributed by atoms with Gasteiger partial charge in [0.15, 0.2) is 0 Å². The van der Waals surface area contributed by atoms with Crippen LogP contribution in [0.3, 0.4) is 0 Å². The van der Waals surface area contributed by atoms with Crippen LogP contribution in [0.25, 0.3) is 0 Å². The van der Waals surface area contributed by atoms with Crippen LogP contribution in [-0.2, 0) is 22.0 Å². The third-order valence-electron chi connectivity index (χ3n) is 4.97. The molecule has 11 nitrogen and oxygen atoms in total. The molecule has 2 aromatic rings. The van der Waals surface area contributed by atoms with Crippen molar-refractivity contribution in [2.24, 2.45) is 20.8 Å². The molecular formula is C25H37N7O4S. The first-order chi connectivity index (χ1) is 17.8. The number of nitrogens with zero attached hydrogens (tertiary/aromatic N) is 4. The van der Waals surface area contributed by atoms with Crippen molar-refractivity contribution in [3.8, 4) is 5.75 Å². The Morgan fingerprint density at radius 2 is 2.03 bits per heavy atom. The largest absolute Gasteiger partial charge is 0.491 e. The van der Waals surface area contributed by atoms with E-state index in [1.54, 1.807) is 25.3 Å². The topological polar surface area (TPSA) is 159 Å². The van der Waals surface area contributed by atoms with E-state index in [1.807, 2.05) is 43.0 Å². The minimum Gasteiger partial charge on any atom is -0.491 e. The van der Waals surface area contributed by atoms with E-state index in [0.717, 1.165) is 11.4 Å². The summed E-state index contributed by atoms with van der Waals surface area (Å²) in [5.41, 5.74) is 14.3. The molecule has 2 amide bonds. The van der Waals surface area contributed by atoms with Gasteiger partial charge in [-0.3, -0.25) is 14.5 Å². The lowest BCUT2D eigenvalue weighted by Gasteiger charge is -2.16. The summed E-state index contributed by atoms with van der Waals surface area (Å²) in [5, 5.41) is 7.75. The quantitative estimate of drug-likeness (QED) is 0.191. The number of nitrogens with two attached hydrogens (primary N) is 2. The molecule has 202 valence electrons. The summed E-state index contributed by atoms with van der Waals surface area (Å²) >= 11 is 0. The summed E-state index contributed by atoms with van der Waals surface area (Å²) in [6.07, 6.45) is 7.40. The van der Waals surface area contributed by atoms with Crippen molar-refractivity contribution in [1.29, 1.82) is 0 Å². The molecule has 0 aliphatic heterocycles. The van der Waals surface area contributed by atoms with Gasteiger partial charge < -0.3 is 26.3 Å². The summed E-state index contributed by atoms with van der Waals surface area (Å²) in [7, 11) is -0.486. The maximum Gasteiger partial charge on any atom is 0.439 e. The first-order valence-electron chi connectivity index (χ1n) is 12.1. The van der Waals surface area contributed by atoms with Crippen LogP contribution >= 0.6 is 0 Å². The highest BCUT2D eigenvalue weighted by molar-refractivity contribution is 7.86. The summed E-state index contributed by atoms with van der Waals surface area (Å²) < 4.78 is 16.8. The van der Waals surface area contributed by atoms with Gasteiger partial charge in [-0.05, 0) is 51.6 Å². The number of carbonyl (C=O) groups excluding carboxylic acids is 2. The Morgan fingerprint density at radius 1 is 1.24 bits per heavy atom. The Morgan fingerprint density at radius 3 is 2.70 bits per heavy atom. The molecule has 0 fully saturated rings. The lowest BCUT2D eigenvalue weighted by molar-refractivity contribution is 0.0999. The van der Waals surface area contributed by atoms with Crippen molar-refractivity contribution in [3.63, 3.8) is 0 Å². The molecular weight excluding hydrogens is 494 g/mol. The number of nitrogens with one attached hydrogen (secondary N) is 1. The summed E-state index contributed by atoms with van der Waals surface area (Å²) in [4.78, 5) is 28.3. The molecule has 1 aromatic heterocycles. The number of hydrogen-bond donors (Lipinski definition) is 3. The Labute approximate surface area is 220 Å². The second kappa shape index (κ2) is 15.6. The van der Waals surface area contributed by atoms with Crippen LogP contribution in [0.2, 0.25) is 0 Å². The van der Waals surface area contributed by atoms with Gasteiger partial charge in [0.05, 0.1) is 36.5 Å². The molecule has 1 heterocycles. The zero-order chi connectivity index (χ0) is 27.2. The second-order valence-electron chi connectivity index (χ2n) is 7.90. The number of carbonyl (C=O) groups is 2. The van der Waals surface area contributed by atoms with Crippen LogP contribution < -0.4 is 21.5 Å². The minimum atomic E-state index is -0.589. The van der Waals surface area contributed by atoms with E-state index in [-0.39, 0.29) is 5.56 Å². The fourth-order valence-corrected chi connectivity index (χ4v) is 4.24. The van der Waals surface area contributed by atoms with Crippen molar-refractivity contribution in [3.05, 3.63) is 47.3 Å². The van der Waals surface area contributed by atoms with Crippen molar-refractivity contribution >= 4 is 40.3 Å². The number of aryl methyl sites for hydroxylation is 2. The molecule has 0 saturated carbocycles. The average Bonchev–Trinajstić information content (AvgIpc) is 3.23. The lowest BCUT2D eigenvalue weighted by atomic mass is 10.1. The number of benzene rings is 1. The number of amides is 2. The standard InChI is InChI=1S/C25H37N7O4S/c1-5-32-20(14-18(3)30-32)17-29-21-15-19(24(27)33)16-22(23(21)28-11-8-7-10-26)36-12-9-13-37(4)31-25(34)35-6-2/h7-8,14-17,28H,5-6,9-13,26H2,1-4H3,(H2,27,33)/b8-7+,29-17?. The molecule has 1 atom stereocenters. The molecule has 0 aliphatic carbocycles. The number of anilines is 1. The predicted octanol–water partition coefficient (Wildman–Crippen LogP) is 3.34. The molecule has 1 aromatic carbocycles. The number of rotatable bonds is 14. The maximum atomic E-state index is 12.1. The van der Waals surface area contributed by atoms with E-state index < -0.39 is 22.7 Å². The third-order valence-corrected chi connectivity index (χ3v) is 6.31. The van der Waals surface area contributed by atoms with Crippen LogP contribution in [0.1, 0.15) is 42.0 Å². The van der Waals surface area contributed by atoms with Gasteiger partial charge in [-0.1, -0.05) is 22.8 Å². The second-order valence-corrected chi connectivity index (χ2v) is 9.69. The number of aliphatic imine (C=N–C) groups is 1. The predicted molar refractivity (Wildman–Crippen MR) is 149 cm³/mol. The van der Waals surface area contributed by atoms with Crippen LogP contribution in [-0.4, -0.2) is 66.3 Å². The van der Waals surface area contributed by atoms with Gasteiger partial charge in [0.2, 0.25) is 5.91 Å². The summed E-state index contributed by atoms with van der Waals surface area (Å²) in [6.45, 7) is 7.90. The zero-order valence-electron chi connectivity index (χ0n) is 21.9.